The van der Waals surface area contributed by atoms with Crippen molar-refractivity contribution in [3.8, 4) is 17.2 Å². The second kappa shape index (κ2) is 10.2. The van der Waals surface area contributed by atoms with Gasteiger partial charge in [-0.15, -0.1) is 0 Å². The molecule has 1 amide bonds. The van der Waals surface area contributed by atoms with Gasteiger partial charge in [0.2, 0.25) is 0 Å². The van der Waals surface area contributed by atoms with Crippen LogP contribution in [0.15, 0.2) is 42.5 Å². The number of carbonyl (C=O) groups is 1. The van der Waals surface area contributed by atoms with Crippen molar-refractivity contribution in [1.82, 2.24) is 9.80 Å². The Morgan fingerprint density at radius 1 is 0.828 bits per heavy atom. The van der Waals surface area contributed by atoms with Crippen molar-refractivity contribution >= 4 is 5.91 Å². The number of piperazine rings is 1. The Kier molecular flexibility index (Phi) is 7.36. The fourth-order valence-electron chi connectivity index (χ4n) is 3.80. The zero-order valence-corrected chi connectivity index (χ0v) is 17.5. The lowest BCUT2D eigenvalue weighted by Gasteiger charge is -2.35. The summed E-state index contributed by atoms with van der Waals surface area (Å²) >= 11 is 0. The van der Waals surface area contributed by atoms with Crippen LogP contribution in [0.25, 0.3) is 0 Å². The Bertz CT molecular complexity index is 794. The van der Waals surface area contributed by atoms with Crippen molar-refractivity contribution in [3.05, 3.63) is 53.6 Å². The van der Waals surface area contributed by atoms with Crippen molar-refractivity contribution < 1.29 is 19.0 Å². The van der Waals surface area contributed by atoms with E-state index in [1.165, 1.54) is 5.56 Å². The van der Waals surface area contributed by atoms with E-state index in [-0.39, 0.29) is 5.91 Å². The van der Waals surface area contributed by atoms with E-state index in [9.17, 15) is 4.79 Å². The highest BCUT2D eigenvalue weighted by molar-refractivity contribution is 5.99. The maximum atomic E-state index is 13.1. The highest BCUT2D eigenvalue weighted by atomic mass is 16.5. The molecule has 3 rings (SSSR count). The van der Waals surface area contributed by atoms with Crippen LogP contribution in [0, 0.1) is 0 Å². The second-order valence-corrected chi connectivity index (χ2v) is 7.09. The first-order chi connectivity index (χ1) is 14.2. The van der Waals surface area contributed by atoms with E-state index in [1.54, 1.807) is 33.5 Å². The number of aryl methyl sites for hydroxylation is 1. The summed E-state index contributed by atoms with van der Waals surface area (Å²) in [6, 6.07) is 13.6. The second-order valence-electron chi connectivity index (χ2n) is 7.09. The Labute approximate surface area is 173 Å². The molecule has 0 spiro atoms. The molecule has 0 atom stereocenters. The molecular weight excluding hydrogens is 368 g/mol. The SMILES string of the molecule is COc1ccccc1CCCN1CCN(C(=O)c2c(OC)cccc2OC)CC1. The predicted octanol–water partition coefficient (Wildman–Crippen LogP) is 3.10. The van der Waals surface area contributed by atoms with E-state index in [0.29, 0.717) is 30.2 Å². The summed E-state index contributed by atoms with van der Waals surface area (Å²) in [6.07, 6.45) is 2.05. The van der Waals surface area contributed by atoms with Crippen molar-refractivity contribution in [1.29, 1.82) is 0 Å². The number of hydrogen-bond donors (Lipinski definition) is 0. The van der Waals surface area contributed by atoms with Gasteiger partial charge in [-0.25, -0.2) is 0 Å². The van der Waals surface area contributed by atoms with Crippen LogP contribution in [-0.4, -0.2) is 69.8 Å². The Morgan fingerprint density at radius 3 is 2.03 bits per heavy atom. The summed E-state index contributed by atoms with van der Waals surface area (Å²) in [5, 5.41) is 0. The molecular formula is C23H30N2O4. The van der Waals surface area contributed by atoms with Gasteiger partial charge in [0.25, 0.3) is 5.91 Å². The predicted molar refractivity (Wildman–Crippen MR) is 113 cm³/mol. The van der Waals surface area contributed by atoms with E-state index in [1.807, 2.05) is 29.2 Å². The lowest BCUT2D eigenvalue weighted by Crippen LogP contribution is -2.49. The quantitative estimate of drug-likeness (QED) is 0.684. The third-order valence-corrected chi connectivity index (χ3v) is 5.41. The fraction of sp³-hybridized carbons (Fsp3) is 0.435. The molecule has 0 N–H and O–H groups in total. The molecule has 2 aromatic carbocycles. The van der Waals surface area contributed by atoms with Crippen molar-refractivity contribution in [3.63, 3.8) is 0 Å². The fourth-order valence-corrected chi connectivity index (χ4v) is 3.80. The molecule has 1 aliphatic heterocycles. The molecule has 2 aromatic rings. The molecule has 0 radical (unpaired) electrons. The number of methoxy groups -OCH3 is 3. The molecule has 0 aliphatic carbocycles. The van der Waals surface area contributed by atoms with Crippen LogP contribution >= 0.6 is 0 Å². The van der Waals surface area contributed by atoms with Gasteiger partial charge in [0.1, 0.15) is 22.8 Å². The number of para-hydroxylation sites is 1. The first-order valence-electron chi connectivity index (χ1n) is 10.0. The van der Waals surface area contributed by atoms with Crippen molar-refractivity contribution in [2.24, 2.45) is 0 Å². The molecule has 0 aromatic heterocycles. The van der Waals surface area contributed by atoms with E-state index >= 15 is 0 Å². The van der Waals surface area contributed by atoms with E-state index in [0.717, 1.165) is 38.2 Å². The highest BCUT2D eigenvalue weighted by Crippen LogP contribution is 2.30. The van der Waals surface area contributed by atoms with Crippen LogP contribution in [0.3, 0.4) is 0 Å². The minimum absolute atomic E-state index is 0.0343. The van der Waals surface area contributed by atoms with Crippen LogP contribution < -0.4 is 14.2 Å². The number of amides is 1. The Morgan fingerprint density at radius 2 is 1.41 bits per heavy atom. The molecule has 0 unspecified atom stereocenters. The summed E-state index contributed by atoms with van der Waals surface area (Å²) < 4.78 is 16.2. The largest absolute Gasteiger partial charge is 0.496 e. The molecule has 1 aliphatic rings. The van der Waals surface area contributed by atoms with Gasteiger partial charge in [-0.1, -0.05) is 24.3 Å². The first kappa shape index (κ1) is 21.0. The molecule has 29 heavy (non-hydrogen) atoms. The van der Waals surface area contributed by atoms with Gasteiger partial charge < -0.3 is 19.1 Å². The zero-order valence-electron chi connectivity index (χ0n) is 17.5. The molecule has 6 nitrogen and oxygen atoms in total. The first-order valence-corrected chi connectivity index (χ1v) is 10.0. The van der Waals surface area contributed by atoms with Gasteiger partial charge in [-0.3, -0.25) is 9.69 Å². The molecule has 156 valence electrons. The van der Waals surface area contributed by atoms with E-state index in [4.69, 9.17) is 14.2 Å². The molecule has 1 heterocycles. The number of nitrogens with zero attached hydrogens (tertiary/aromatic N) is 2. The lowest BCUT2D eigenvalue weighted by atomic mass is 10.1. The molecule has 6 heteroatoms. The van der Waals surface area contributed by atoms with Gasteiger partial charge >= 0.3 is 0 Å². The van der Waals surface area contributed by atoms with Crippen LogP contribution in [0.4, 0.5) is 0 Å². The number of ether oxygens (including phenoxy) is 3. The molecule has 1 saturated heterocycles. The Hall–Kier alpha value is -2.73. The van der Waals surface area contributed by atoms with Gasteiger partial charge in [0.05, 0.1) is 21.3 Å². The minimum Gasteiger partial charge on any atom is -0.496 e. The van der Waals surface area contributed by atoms with E-state index < -0.39 is 0 Å². The number of hydrogen-bond acceptors (Lipinski definition) is 5. The maximum Gasteiger partial charge on any atom is 0.261 e. The lowest BCUT2D eigenvalue weighted by molar-refractivity contribution is 0.0629. The molecule has 0 bridgehead atoms. The smallest absolute Gasteiger partial charge is 0.261 e. The van der Waals surface area contributed by atoms with Crippen LogP contribution in [-0.2, 0) is 6.42 Å². The topological polar surface area (TPSA) is 51.2 Å². The standard InChI is InChI=1S/C23H30N2O4/c1-27-19-10-5-4-8-18(19)9-7-13-24-14-16-25(17-15-24)23(26)22-20(28-2)11-6-12-21(22)29-3/h4-6,8,10-12H,7,9,13-17H2,1-3H3. The monoisotopic (exact) mass is 398 g/mol. The van der Waals surface area contributed by atoms with Crippen LogP contribution in [0.2, 0.25) is 0 Å². The molecule has 1 fully saturated rings. The average Bonchev–Trinajstić information content (AvgIpc) is 2.78. The number of benzene rings is 2. The minimum atomic E-state index is -0.0343. The maximum absolute atomic E-state index is 13.1. The summed E-state index contributed by atoms with van der Waals surface area (Å²) in [5.74, 6) is 2.02. The summed E-state index contributed by atoms with van der Waals surface area (Å²) in [4.78, 5) is 17.4. The van der Waals surface area contributed by atoms with E-state index in [2.05, 4.69) is 11.0 Å². The van der Waals surface area contributed by atoms with Gasteiger partial charge in [0.15, 0.2) is 0 Å². The average molecular weight is 399 g/mol. The van der Waals surface area contributed by atoms with Gasteiger partial charge in [-0.05, 0) is 43.1 Å². The summed E-state index contributed by atoms with van der Waals surface area (Å²) in [7, 11) is 4.86. The Balaban J connectivity index is 1.52. The number of rotatable bonds is 8. The summed E-state index contributed by atoms with van der Waals surface area (Å²) in [6.45, 7) is 4.16. The summed E-state index contributed by atoms with van der Waals surface area (Å²) in [5.41, 5.74) is 1.74. The van der Waals surface area contributed by atoms with Crippen molar-refractivity contribution in [2.75, 3.05) is 54.1 Å². The highest BCUT2D eigenvalue weighted by Gasteiger charge is 2.26. The van der Waals surface area contributed by atoms with Crippen LogP contribution in [0.5, 0.6) is 17.2 Å². The number of carbonyl (C=O) groups excluding carboxylic acids is 1. The van der Waals surface area contributed by atoms with Gasteiger partial charge in [0, 0.05) is 26.2 Å². The third-order valence-electron chi connectivity index (χ3n) is 5.41. The van der Waals surface area contributed by atoms with Crippen LogP contribution in [0.1, 0.15) is 22.3 Å². The van der Waals surface area contributed by atoms with Crippen molar-refractivity contribution in [2.45, 2.75) is 12.8 Å². The third kappa shape index (κ3) is 5.01. The zero-order chi connectivity index (χ0) is 20.6. The van der Waals surface area contributed by atoms with Gasteiger partial charge in [-0.2, -0.15) is 0 Å². The normalized spacial score (nSPS) is 14.5. The molecule has 0 saturated carbocycles.